The lowest BCUT2D eigenvalue weighted by molar-refractivity contribution is -0.145. The lowest BCUT2D eigenvalue weighted by Gasteiger charge is -2.10. The highest BCUT2D eigenvalue weighted by Gasteiger charge is 2.13. The highest BCUT2D eigenvalue weighted by atomic mass is 16.5. The van der Waals surface area contributed by atoms with Crippen LogP contribution in [-0.2, 0) is 9.53 Å². The highest BCUT2D eigenvalue weighted by molar-refractivity contribution is 5.69. The lowest BCUT2D eigenvalue weighted by atomic mass is 10.1. The van der Waals surface area contributed by atoms with Gasteiger partial charge in [-0.1, -0.05) is 0 Å². The maximum absolute atomic E-state index is 10.8. The van der Waals surface area contributed by atoms with Crippen molar-refractivity contribution in [3.05, 3.63) is 0 Å². The molecule has 0 unspecified atom stereocenters. The monoisotopic (exact) mass is 176 g/mol. The van der Waals surface area contributed by atoms with E-state index >= 15 is 0 Å². The fourth-order valence-electron chi connectivity index (χ4n) is 0.889. The normalized spacial score (nSPS) is 15.3. The number of aliphatic hydroxyl groups is 2. The third-order valence-electron chi connectivity index (χ3n) is 1.32. The van der Waals surface area contributed by atoms with Gasteiger partial charge in [0, 0.05) is 0 Å². The summed E-state index contributed by atoms with van der Waals surface area (Å²) in [6, 6.07) is 0. The first-order valence-corrected chi connectivity index (χ1v) is 4.08. The van der Waals surface area contributed by atoms with E-state index in [2.05, 4.69) is 4.74 Å². The Morgan fingerprint density at radius 2 is 2.08 bits per heavy atom. The summed E-state index contributed by atoms with van der Waals surface area (Å²) in [6.07, 6.45) is -1.23. The zero-order valence-corrected chi connectivity index (χ0v) is 7.49. The Morgan fingerprint density at radius 1 is 1.50 bits per heavy atom. The van der Waals surface area contributed by atoms with E-state index in [1.54, 1.807) is 13.8 Å². The molecule has 0 saturated heterocycles. The van der Waals surface area contributed by atoms with Crippen LogP contribution >= 0.6 is 0 Å². The van der Waals surface area contributed by atoms with Gasteiger partial charge < -0.3 is 14.9 Å². The van der Waals surface area contributed by atoms with Crippen molar-refractivity contribution in [3.8, 4) is 0 Å². The van der Waals surface area contributed by atoms with Crippen LogP contribution in [0.3, 0.4) is 0 Å². The van der Waals surface area contributed by atoms with E-state index < -0.39 is 18.2 Å². The van der Waals surface area contributed by atoms with Crippen molar-refractivity contribution >= 4 is 5.97 Å². The summed E-state index contributed by atoms with van der Waals surface area (Å²) in [7, 11) is 0. The number of hydrogen-bond acceptors (Lipinski definition) is 4. The average molecular weight is 176 g/mol. The predicted octanol–water partition coefficient (Wildman–Crippen LogP) is 0.0714. The van der Waals surface area contributed by atoms with Crippen LogP contribution in [0.2, 0.25) is 0 Å². The van der Waals surface area contributed by atoms with Crippen molar-refractivity contribution in [3.63, 3.8) is 0 Å². The molecular weight excluding hydrogens is 160 g/mol. The van der Waals surface area contributed by atoms with Gasteiger partial charge in [0.1, 0.15) is 0 Å². The molecule has 4 nitrogen and oxygen atoms in total. The standard InChI is InChI=1S/C8H16O4/c1-3-12-8(11)5-7(10)4-6(2)9/h6-7,9-10H,3-5H2,1-2H3/t6-,7-/m1/s1. The van der Waals surface area contributed by atoms with Gasteiger partial charge in [0.15, 0.2) is 0 Å². The molecule has 0 aromatic carbocycles. The Morgan fingerprint density at radius 3 is 2.50 bits per heavy atom. The molecule has 2 N–H and O–H groups in total. The van der Waals surface area contributed by atoms with Crippen LogP contribution in [0.1, 0.15) is 26.7 Å². The maximum atomic E-state index is 10.8. The van der Waals surface area contributed by atoms with Crippen molar-refractivity contribution in [2.24, 2.45) is 0 Å². The molecular formula is C8H16O4. The number of carbonyl (C=O) groups is 1. The quantitative estimate of drug-likeness (QED) is 0.582. The minimum atomic E-state index is -0.802. The largest absolute Gasteiger partial charge is 0.466 e. The molecule has 0 heterocycles. The summed E-state index contributed by atoms with van der Waals surface area (Å²) in [6.45, 7) is 3.59. The van der Waals surface area contributed by atoms with Crippen LogP contribution in [0.15, 0.2) is 0 Å². The van der Waals surface area contributed by atoms with Gasteiger partial charge in [-0.05, 0) is 20.3 Å². The van der Waals surface area contributed by atoms with E-state index in [0.29, 0.717) is 6.61 Å². The Balaban J connectivity index is 3.54. The fraction of sp³-hybridized carbons (Fsp3) is 0.875. The SMILES string of the molecule is CCOC(=O)C[C@H](O)C[C@@H](C)O. The number of hydrogen-bond donors (Lipinski definition) is 2. The lowest BCUT2D eigenvalue weighted by Crippen LogP contribution is -2.20. The molecule has 72 valence electrons. The van der Waals surface area contributed by atoms with Crippen LogP contribution in [-0.4, -0.2) is 35.0 Å². The van der Waals surface area contributed by atoms with Gasteiger partial charge in [0.25, 0.3) is 0 Å². The summed E-state index contributed by atoms with van der Waals surface area (Å²) in [5.74, 6) is -0.425. The molecule has 0 aliphatic heterocycles. The van der Waals surface area contributed by atoms with Crippen molar-refractivity contribution in [1.82, 2.24) is 0 Å². The van der Waals surface area contributed by atoms with E-state index in [1.165, 1.54) is 0 Å². The van der Waals surface area contributed by atoms with Crippen molar-refractivity contribution < 1.29 is 19.7 Å². The molecule has 0 fully saturated rings. The second kappa shape index (κ2) is 5.97. The predicted molar refractivity (Wildman–Crippen MR) is 43.6 cm³/mol. The first kappa shape index (κ1) is 11.4. The summed E-state index contributed by atoms with van der Waals surface area (Å²) < 4.78 is 4.61. The van der Waals surface area contributed by atoms with Crippen LogP contribution in [0, 0.1) is 0 Å². The number of carbonyl (C=O) groups excluding carboxylic acids is 1. The van der Waals surface area contributed by atoms with E-state index in [4.69, 9.17) is 10.2 Å². The number of esters is 1. The fourth-order valence-corrected chi connectivity index (χ4v) is 0.889. The van der Waals surface area contributed by atoms with Gasteiger partial charge in [-0.3, -0.25) is 4.79 Å². The average Bonchev–Trinajstić information content (AvgIpc) is 1.84. The zero-order valence-electron chi connectivity index (χ0n) is 7.49. The van der Waals surface area contributed by atoms with Gasteiger partial charge in [-0.2, -0.15) is 0 Å². The summed E-state index contributed by atoms with van der Waals surface area (Å²) >= 11 is 0. The summed E-state index contributed by atoms with van der Waals surface area (Å²) in [5.41, 5.74) is 0. The van der Waals surface area contributed by atoms with Gasteiger partial charge in [0.05, 0.1) is 25.2 Å². The van der Waals surface area contributed by atoms with Crippen LogP contribution < -0.4 is 0 Å². The van der Waals surface area contributed by atoms with E-state index in [1.807, 2.05) is 0 Å². The molecule has 0 aliphatic carbocycles. The number of aliphatic hydroxyl groups excluding tert-OH is 2. The second-order valence-electron chi connectivity index (χ2n) is 2.75. The summed E-state index contributed by atoms with van der Waals surface area (Å²) in [5, 5.41) is 18.0. The van der Waals surface area contributed by atoms with Gasteiger partial charge in [0.2, 0.25) is 0 Å². The van der Waals surface area contributed by atoms with Crippen LogP contribution in [0.5, 0.6) is 0 Å². The van der Waals surface area contributed by atoms with Gasteiger partial charge in [-0.25, -0.2) is 0 Å². The topological polar surface area (TPSA) is 66.8 Å². The van der Waals surface area contributed by atoms with E-state index in [0.717, 1.165) is 0 Å². The van der Waals surface area contributed by atoms with Crippen LogP contribution in [0.25, 0.3) is 0 Å². The third kappa shape index (κ3) is 6.12. The summed E-state index contributed by atoms with van der Waals surface area (Å²) in [4.78, 5) is 10.8. The number of ether oxygens (including phenoxy) is 1. The molecule has 2 atom stereocenters. The van der Waals surface area contributed by atoms with Crippen molar-refractivity contribution in [1.29, 1.82) is 0 Å². The first-order valence-electron chi connectivity index (χ1n) is 4.08. The molecule has 0 rings (SSSR count). The van der Waals surface area contributed by atoms with Crippen LogP contribution in [0.4, 0.5) is 0 Å². The highest BCUT2D eigenvalue weighted by Crippen LogP contribution is 2.02. The van der Waals surface area contributed by atoms with E-state index in [9.17, 15) is 4.79 Å². The molecule has 4 heteroatoms. The third-order valence-corrected chi connectivity index (χ3v) is 1.32. The molecule has 0 amide bonds. The maximum Gasteiger partial charge on any atom is 0.308 e. The minimum Gasteiger partial charge on any atom is -0.466 e. The molecule has 0 radical (unpaired) electrons. The van der Waals surface area contributed by atoms with Crippen molar-refractivity contribution in [2.45, 2.75) is 38.9 Å². The molecule has 0 saturated carbocycles. The van der Waals surface area contributed by atoms with Gasteiger partial charge in [-0.15, -0.1) is 0 Å². The zero-order chi connectivity index (χ0) is 9.56. The molecule has 0 aromatic rings. The first-order chi connectivity index (χ1) is 5.56. The number of rotatable bonds is 5. The minimum absolute atomic E-state index is 0.0429. The Labute approximate surface area is 72.2 Å². The molecule has 0 aromatic heterocycles. The molecule has 0 bridgehead atoms. The smallest absolute Gasteiger partial charge is 0.308 e. The van der Waals surface area contributed by atoms with Crippen molar-refractivity contribution in [2.75, 3.05) is 6.61 Å². The molecule has 0 aliphatic rings. The molecule has 12 heavy (non-hydrogen) atoms. The van der Waals surface area contributed by atoms with Gasteiger partial charge >= 0.3 is 5.97 Å². The second-order valence-corrected chi connectivity index (χ2v) is 2.75. The van der Waals surface area contributed by atoms with E-state index in [-0.39, 0.29) is 12.8 Å². The Bertz CT molecular complexity index is 133. The molecule has 0 spiro atoms. The Hall–Kier alpha value is -0.610. The Kier molecular flexibility index (Phi) is 5.66.